The molecule has 0 saturated carbocycles. The van der Waals surface area contributed by atoms with Crippen LogP contribution in [0.4, 0.5) is 0 Å². The molecule has 0 amide bonds. The lowest BCUT2D eigenvalue weighted by molar-refractivity contribution is -0.00194. The van der Waals surface area contributed by atoms with Gasteiger partial charge in [0.25, 0.3) is 0 Å². The van der Waals surface area contributed by atoms with Crippen LogP contribution in [0, 0.1) is 0 Å². The summed E-state index contributed by atoms with van der Waals surface area (Å²) in [4.78, 5) is 0. The highest BCUT2D eigenvalue weighted by molar-refractivity contribution is 4.58. The lowest BCUT2D eigenvalue weighted by Gasteiger charge is -2.19. The quantitative estimate of drug-likeness (QED) is 0.489. The first kappa shape index (κ1) is 17.9. The summed E-state index contributed by atoms with van der Waals surface area (Å²) in [5.41, 5.74) is 0. The van der Waals surface area contributed by atoms with Gasteiger partial charge in [0, 0.05) is 0 Å². The van der Waals surface area contributed by atoms with E-state index < -0.39 is 0 Å². The van der Waals surface area contributed by atoms with Crippen LogP contribution in [0.3, 0.4) is 0 Å². The number of nitrogens with one attached hydrogen (secondary N) is 1. The fourth-order valence-electron chi connectivity index (χ4n) is 2.21. The molecule has 0 bridgehead atoms. The van der Waals surface area contributed by atoms with Crippen molar-refractivity contribution in [1.29, 1.82) is 0 Å². The van der Waals surface area contributed by atoms with E-state index in [0.717, 1.165) is 13.1 Å². The van der Waals surface area contributed by atoms with Gasteiger partial charge in [0.1, 0.15) is 0 Å². The second-order valence-corrected chi connectivity index (χ2v) is 5.50. The van der Waals surface area contributed by atoms with Gasteiger partial charge in [-0.15, -0.1) is 0 Å². The molecule has 2 unspecified atom stereocenters. The third-order valence-electron chi connectivity index (χ3n) is 3.32. The van der Waals surface area contributed by atoms with E-state index >= 15 is 0 Å². The van der Waals surface area contributed by atoms with E-state index in [4.69, 9.17) is 4.74 Å². The van der Waals surface area contributed by atoms with Crippen LogP contribution in [0.15, 0.2) is 0 Å². The average Bonchev–Trinajstić information content (AvgIpc) is 2.34. The van der Waals surface area contributed by atoms with Crippen LogP contribution >= 0.6 is 0 Å². The number of ether oxygens (including phenoxy) is 1. The van der Waals surface area contributed by atoms with E-state index in [2.05, 4.69) is 33.0 Å². The smallest absolute Gasteiger partial charge is 0.0551 e. The number of unbranched alkanes of at least 4 members (excludes halogenated alkanes) is 3. The molecule has 0 fully saturated rings. The molecule has 0 saturated heterocycles. The molecule has 0 rings (SSSR count). The van der Waals surface area contributed by atoms with Crippen molar-refractivity contribution >= 4 is 0 Å². The molecule has 0 radical (unpaired) electrons. The Kier molecular flexibility index (Phi) is 13.3. The van der Waals surface area contributed by atoms with E-state index in [9.17, 15) is 0 Å². The van der Waals surface area contributed by atoms with Gasteiger partial charge in [-0.05, 0) is 52.6 Å². The Morgan fingerprint density at radius 2 is 1.44 bits per heavy atom. The largest absolute Gasteiger partial charge is 0.376 e. The van der Waals surface area contributed by atoms with Crippen molar-refractivity contribution in [2.45, 2.75) is 91.3 Å². The highest BCUT2D eigenvalue weighted by atomic mass is 16.5. The first-order valence-electron chi connectivity index (χ1n) is 8.06. The Balaban J connectivity index is 3.34. The Morgan fingerprint density at radius 3 is 2.06 bits per heavy atom. The van der Waals surface area contributed by atoms with Crippen LogP contribution in [0.25, 0.3) is 0 Å². The van der Waals surface area contributed by atoms with Crippen molar-refractivity contribution in [2.75, 3.05) is 13.1 Å². The van der Waals surface area contributed by atoms with E-state index in [0.29, 0.717) is 12.2 Å². The van der Waals surface area contributed by atoms with E-state index in [1.54, 1.807) is 0 Å². The van der Waals surface area contributed by atoms with Crippen molar-refractivity contribution in [3.05, 3.63) is 0 Å². The minimum Gasteiger partial charge on any atom is -0.376 e. The molecular formula is C16H35NO. The summed E-state index contributed by atoms with van der Waals surface area (Å²) >= 11 is 0. The van der Waals surface area contributed by atoms with Gasteiger partial charge in [-0.3, -0.25) is 0 Å². The van der Waals surface area contributed by atoms with Crippen molar-refractivity contribution in [3.8, 4) is 0 Å². The SMILES string of the molecule is CCCCCCC(C)OC(C)CCCNCCC. The predicted octanol–water partition coefficient (Wildman–Crippen LogP) is 4.53. The first-order valence-corrected chi connectivity index (χ1v) is 8.06. The Bertz CT molecular complexity index is 161. The van der Waals surface area contributed by atoms with Gasteiger partial charge in [0.05, 0.1) is 12.2 Å². The lowest BCUT2D eigenvalue weighted by atomic mass is 10.1. The second-order valence-electron chi connectivity index (χ2n) is 5.50. The summed E-state index contributed by atoms with van der Waals surface area (Å²) in [6.07, 6.45) is 11.1. The Hall–Kier alpha value is -0.0800. The summed E-state index contributed by atoms with van der Waals surface area (Å²) in [5, 5.41) is 3.44. The molecular weight excluding hydrogens is 222 g/mol. The van der Waals surface area contributed by atoms with E-state index in [1.165, 1.54) is 51.4 Å². The highest BCUT2D eigenvalue weighted by Crippen LogP contribution is 2.11. The fraction of sp³-hybridized carbons (Fsp3) is 1.00. The maximum absolute atomic E-state index is 6.01. The van der Waals surface area contributed by atoms with Crippen LogP contribution in [-0.4, -0.2) is 25.3 Å². The minimum atomic E-state index is 0.412. The molecule has 0 aromatic heterocycles. The zero-order valence-electron chi connectivity index (χ0n) is 13.1. The van der Waals surface area contributed by atoms with Gasteiger partial charge in [-0.2, -0.15) is 0 Å². The molecule has 2 nitrogen and oxygen atoms in total. The summed E-state index contributed by atoms with van der Waals surface area (Å²) in [5.74, 6) is 0. The zero-order chi connectivity index (χ0) is 13.6. The van der Waals surface area contributed by atoms with Crippen molar-refractivity contribution in [1.82, 2.24) is 5.32 Å². The molecule has 0 heterocycles. The summed E-state index contributed by atoms with van der Waals surface area (Å²) in [6.45, 7) is 11.2. The van der Waals surface area contributed by atoms with Gasteiger partial charge >= 0.3 is 0 Å². The van der Waals surface area contributed by atoms with Crippen LogP contribution < -0.4 is 5.32 Å². The Labute approximate surface area is 115 Å². The third kappa shape index (κ3) is 12.4. The number of hydrogen-bond acceptors (Lipinski definition) is 2. The van der Waals surface area contributed by atoms with Crippen LogP contribution in [0.5, 0.6) is 0 Å². The first-order chi connectivity index (χ1) is 8.70. The summed E-state index contributed by atoms with van der Waals surface area (Å²) < 4.78 is 6.01. The van der Waals surface area contributed by atoms with Crippen molar-refractivity contribution in [3.63, 3.8) is 0 Å². The monoisotopic (exact) mass is 257 g/mol. The maximum atomic E-state index is 6.01. The molecule has 110 valence electrons. The predicted molar refractivity (Wildman–Crippen MR) is 81.2 cm³/mol. The van der Waals surface area contributed by atoms with Gasteiger partial charge < -0.3 is 10.1 Å². The van der Waals surface area contributed by atoms with Crippen LogP contribution in [0.2, 0.25) is 0 Å². The third-order valence-corrected chi connectivity index (χ3v) is 3.32. The average molecular weight is 257 g/mol. The summed E-state index contributed by atoms with van der Waals surface area (Å²) in [7, 11) is 0. The molecule has 0 aliphatic rings. The lowest BCUT2D eigenvalue weighted by Crippen LogP contribution is -2.20. The van der Waals surface area contributed by atoms with Gasteiger partial charge in [-0.1, -0.05) is 39.5 Å². The standard InChI is InChI=1S/C16H35NO/c1-5-7-8-9-11-15(3)18-16(4)12-10-14-17-13-6-2/h15-17H,5-14H2,1-4H3. The zero-order valence-corrected chi connectivity index (χ0v) is 13.1. The molecule has 0 spiro atoms. The van der Waals surface area contributed by atoms with Gasteiger partial charge in [0.2, 0.25) is 0 Å². The van der Waals surface area contributed by atoms with Gasteiger partial charge in [-0.25, -0.2) is 0 Å². The van der Waals surface area contributed by atoms with Crippen molar-refractivity contribution < 1.29 is 4.74 Å². The van der Waals surface area contributed by atoms with E-state index in [1.807, 2.05) is 0 Å². The maximum Gasteiger partial charge on any atom is 0.0551 e. The fourth-order valence-corrected chi connectivity index (χ4v) is 2.21. The second kappa shape index (κ2) is 13.4. The van der Waals surface area contributed by atoms with Crippen LogP contribution in [-0.2, 0) is 4.74 Å². The molecule has 0 aromatic carbocycles. The normalized spacial score (nSPS) is 14.7. The van der Waals surface area contributed by atoms with E-state index in [-0.39, 0.29) is 0 Å². The number of hydrogen-bond donors (Lipinski definition) is 1. The minimum absolute atomic E-state index is 0.412. The van der Waals surface area contributed by atoms with Gasteiger partial charge in [0.15, 0.2) is 0 Å². The molecule has 0 aromatic rings. The molecule has 0 aliphatic heterocycles. The molecule has 2 atom stereocenters. The summed E-state index contributed by atoms with van der Waals surface area (Å²) in [6, 6.07) is 0. The molecule has 18 heavy (non-hydrogen) atoms. The van der Waals surface area contributed by atoms with Crippen LogP contribution in [0.1, 0.15) is 79.1 Å². The molecule has 2 heteroatoms. The Morgan fingerprint density at radius 1 is 0.778 bits per heavy atom. The topological polar surface area (TPSA) is 21.3 Å². The molecule has 0 aliphatic carbocycles. The molecule has 1 N–H and O–H groups in total. The number of rotatable bonds is 13. The van der Waals surface area contributed by atoms with Crippen molar-refractivity contribution in [2.24, 2.45) is 0 Å². The highest BCUT2D eigenvalue weighted by Gasteiger charge is 2.08.